The van der Waals surface area contributed by atoms with Crippen molar-refractivity contribution < 1.29 is 75.8 Å². The Bertz CT molecular complexity index is 2340. The third-order valence-corrected chi connectivity index (χ3v) is 19.9. The third kappa shape index (κ3) is 81.0. The number of rotatable bonds is 80. The maximum absolute atomic E-state index is 12.9. The van der Waals surface area contributed by atoms with Crippen LogP contribution >= 0.6 is 15.6 Å². The van der Waals surface area contributed by atoms with Gasteiger partial charge in [0.25, 0.3) is 0 Å². The number of phosphoric ester groups is 2. The van der Waals surface area contributed by atoms with Crippen LogP contribution in [-0.2, 0) is 55.8 Å². The molecule has 0 aliphatic carbocycles. The molecule has 0 amide bonds. The number of carbonyl (C=O) groups is 3. The Labute approximate surface area is 640 Å². The second-order valence-electron chi connectivity index (χ2n) is 28.3. The van der Waals surface area contributed by atoms with Crippen LogP contribution in [0.5, 0.6) is 0 Å². The number of aliphatic hydroxyl groups is 2. The van der Waals surface area contributed by atoms with Crippen LogP contribution < -0.4 is 0 Å². The molecule has 0 spiro atoms. The van der Waals surface area contributed by atoms with E-state index in [1.807, 2.05) is 0 Å². The van der Waals surface area contributed by atoms with Gasteiger partial charge in [0.05, 0.1) is 26.4 Å². The van der Waals surface area contributed by atoms with Crippen LogP contribution in [0.25, 0.3) is 0 Å². The largest absolute Gasteiger partial charge is 0.472 e. The third-order valence-electron chi connectivity index (χ3n) is 18.0. The number of aliphatic hydroxyl groups excluding tert-OH is 2. The SMILES string of the molecule is CC/C=C\C/C=C\C/C=C\C/C=C\C/C=C\CCCCCCCCCCCCCCCCCC(=O)OCC(O)COP(=O)(O)OCC(O)COP(=O)(O)OCC(COC(=O)CCCCCCCCCCCCC/C=C\C/C=C\C/C=C\C/C=C\CCCCC)OC(=O)CCCCCCCCCCCCC. The van der Waals surface area contributed by atoms with Gasteiger partial charge in [0.15, 0.2) is 6.10 Å². The van der Waals surface area contributed by atoms with Gasteiger partial charge >= 0.3 is 33.6 Å². The highest BCUT2D eigenvalue weighted by atomic mass is 31.2. The number of phosphoric acid groups is 2. The van der Waals surface area contributed by atoms with Crippen molar-refractivity contribution in [1.29, 1.82) is 0 Å². The fraction of sp³-hybridized carbons (Fsp3) is 0.759. The molecule has 0 aromatic rings. The maximum Gasteiger partial charge on any atom is 0.472 e. The number of hydrogen-bond acceptors (Lipinski definition) is 14. The lowest BCUT2D eigenvalue weighted by Crippen LogP contribution is -2.30. The Morgan fingerprint density at radius 3 is 0.819 bits per heavy atom. The van der Waals surface area contributed by atoms with Crippen LogP contribution in [0.15, 0.2) is 109 Å². The highest BCUT2D eigenvalue weighted by Gasteiger charge is 2.29. The van der Waals surface area contributed by atoms with E-state index in [1.165, 1.54) is 180 Å². The number of ether oxygens (including phenoxy) is 3. The van der Waals surface area contributed by atoms with Crippen molar-refractivity contribution in [3.8, 4) is 0 Å². The minimum absolute atomic E-state index is 0.107. The molecule has 0 heterocycles. The fourth-order valence-corrected chi connectivity index (χ4v) is 13.2. The standard InChI is InChI=1S/C87H154O16P2/c1-4-7-10-13-16-19-22-24-26-28-30-32-34-36-38-39-40-41-43-45-46-48-50-52-54-56-59-61-64-67-70-73-85(90)97-76-82(88)77-99-104(93,94)100-78-83(89)79-101-105(95,96)102-81-84(103-87(92)75-72-69-66-63-58-21-18-15-12-9-6-3)80-98-86(91)74-71-68-65-62-60-57-55-53-51-49-47-44-42-37-35-33-31-29-27-25-23-20-17-14-11-8-5-2/h7,10,16-17,19-20,24-27,30-33,36-38,42,82-84,88-89H,4-6,8-9,11-15,18,21-23,28-29,34-35,39-41,43-81H2,1-3H3,(H,93,94)(H,95,96)/b10-7-,19-16-,20-17-,26-24-,27-25-,32-30-,33-31-,38-36-,42-37-. The summed E-state index contributed by atoms with van der Waals surface area (Å²) in [6.45, 7) is 2.57. The van der Waals surface area contributed by atoms with Crippen molar-refractivity contribution in [2.24, 2.45) is 0 Å². The Hall–Kier alpha value is -3.79. The van der Waals surface area contributed by atoms with E-state index in [0.29, 0.717) is 19.3 Å². The fourth-order valence-electron chi connectivity index (χ4n) is 11.6. The molecule has 0 aliphatic heterocycles. The summed E-state index contributed by atoms with van der Waals surface area (Å²) >= 11 is 0. The molecule has 4 N–H and O–H groups in total. The lowest BCUT2D eigenvalue weighted by atomic mass is 10.0. The first-order valence-corrected chi connectivity index (χ1v) is 45.2. The predicted octanol–water partition coefficient (Wildman–Crippen LogP) is 25.1. The second kappa shape index (κ2) is 79.8. The molecular formula is C87H154O16P2. The van der Waals surface area contributed by atoms with Crippen molar-refractivity contribution in [1.82, 2.24) is 0 Å². The zero-order chi connectivity index (χ0) is 76.6. The van der Waals surface area contributed by atoms with Crippen LogP contribution in [0, 0.1) is 0 Å². The summed E-state index contributed by atoms with van der Waals surface area (Å²) < 4.78 is 61.2. The molecule has 0 fully saturated rings. The molecule has 105 heavy (non-hydrogen) atoms. The average Bonchev–Trinajstić information content (AvgIpc) is 0.918. The molecule has 0 rings (SSSR count). The summed E-state index contributed by atoms with van der Waals surface area (Å²) in [5.41, 5.74) is 0. The van der Waals surface area contributed by atoms with Crippen molar-refractivity contribution in [3.05, 3.63) is 109 Å². The topological polar surface area (TPSA) is 231 Å². The summed E-state index contributed by atoms with van der Waals surface area (Å²) in [5.74, 6) is -1.56. The van der Waals surface area contributed by atoms with Crippen molar-refractivity contribution in [2.75, 3.05) is 39.6 Å². The summed E-state index contributed by atoms with van der Waals surface area (Å²) in [6, 6.07) is 0. The van der Waals surface area contributed by atoms with Crippen LogP contribution in [0.4, 0.5) is 0 Å². The average molecular weight is 1520 g/mol. The normalized spacial score (nSPS) is 14.5. The van der Waals surface area contributed by atoms with E-state index in [2.05, 4.69) is 130 Å². The van der Waals surface area contributed by atoms with E-state index in [4.69, 9.17) is 32.3 Å². The van der Waals surface area contributed by atoms with E-state index in [-0.39, 0.29) is 19.3 Å². The molecule has 5 atom stereocenters. The van der Waals surface area contributed by atoms with E-state index < -0.39 is 91.5 Å². The number of allylic oxidation sites excluding steroid dienone is 18. The van der Waals surface area contributed by atoms with E-state index in [0.717, 1.165) is 128 Å². The molecule has 0 bridgehead atoms. The number of hydrogen-bond donors (Lipinski definition) is 4. The molecule has 18 heteroatoms. The van der Waals surface area contributed by atoms with E-state index >= 15 is 0 Å². The van der Waals surface area contributed by atoms with Gasteiger partial charge in [-0.2, -0.15) is 0 Å². The second-order valence-corrected chi connectivity index (χ2v) is 31.2. The van der Waals surface area contributed by atoms with Crippen LogP contribution in [0.1, 0.15) is 367 Å². The Morgan fingerprint density at radius 2 is 0.505 bits per heavy atom. The monoisotopic (exact) mass is 1520 g/mol. The van der Waals surface area contributed by atoms with Crippen molar-refractivity contribution >= 4 is 33.6 Å². The van der Waals surface area contributed by atoms with Gasteiger partial charge in [-0.05, 0) is 109 Å². The molecule has 608 valence electrons. The predicted molar refractivity (Wildman–Crippen MR) is 436 cm³/mol. The zero-order valence-corrected chi connectivity index (χ0v) is 68.4. The Balaban J connectivity index is 4.39. The van der Waals surface area contributed by atoms with Gasteiger partial charge < -0.3 is 34.2 Å². The van der Waals surface area contributed by atoms with Gasteiger partial charge in [0, 0.05) is 19.3 Å². The summed E-state index contributed by atoms with van der Waals surface area (Å²) in [4.78, 5) is 58.6. The lowest BCUT2D eigenvalue weighted by Gasteiger charge is -2.21. The van der Waals surface area contributed by atoms with E-state index in [9.17, 15) is 43.5 Å². The van der Waals surface area contributed by atoms with Crippen LogP contribution in [0.2, 0.25) is 0 Å². The molecule has 0 aromatic carbocycles. The minimum Gasteiger partial charge on any atom is -0.463 e. The summed E-state index contributed by atoms with van der Waals surface area (Å²) in [7, 11) is -9.78. The highest BCUT2D eigenvalue weighted by molar-refractivity contribution is 7.47. The van der Waals surface area contributed by atoms with Crippen LogP contribution in [0.3, 0.4) is 0 Å². The number of esters is 3. The molecule has 0 saturated heterocycles. The molecule has 16 nitrogen and oxygen atoms in total. The minimum atomic E-state index is -4.93. The number of unbranched alkanes of at least 4 members (excludes halogenated alkanes) is 39. The van der Waals surface area contributed by atoms with E-state index in [1.54, 1.807) is 0 Å². The van der Waals surface area contributed by atoms with Crippen LogP contribution in [-0.4, -0.2) is 95.9 Å². The first-order chi connectivity index (χ1) is 51.2. The van der Waals surface area contributed by atoms with Gasteiger partial charge in [-0.3, -0.25) is 32.5 Å². The molecule has 0 radical (unpaired) electrons. The Morgan fingerprint density at radius 1 is 0.276 bits per heavy atom. The smallest absolute Gasteiger partial charge is 0.463 e. The van der Waals surface area contributed by atoms with Crippen molar-refractivity contribution in [2.45, 2.75) is 386 Å². The van der Waals surface area contributed by atoms with Gasteiger partial charge in [0.1, 0.15) is 25.4 Å². The lowest BCUT2D eigenvalue weighted by molar-refractivity contribution is -0.161. The summed E-state index contributed by atoms with van der Waals surface area (Å²) in [5, 5.41) is 20.6. The molecule has 0 saturated carbocycles. The van der Waals surface area contributed by atoms with Crippen molar-refractivity contribution in [3.63, 3.8) is 0 Å². The highest BCUT2D eigenvalue weighted by Crippen LogP contribution is 2.45. The molecular weight excluding hydrogens is 1360 g/mol. The maximum atomic E-state index is 12.9. The first kappa shape index (κ1) is 101. The molecule has 0 aliphatic rings. The summed E-state index contributed by atoms with van der Waals surface area (Å²) in [6.07, 6.45) is 94.4. The first-order valence-electron chi connectivity index (χ1n) is 42.2. The van der Waals surface area contributed by atoms with Gasteiger partial charge in [-0.1, -0.05) is 348 Å². The number of carbonyl (C=O) groups excluding carboxylic acids is 3. The van der Waals surface area contributed by atoms with Gasteiger partial charge in [0.2, 0.25) is 0 Å². The van der Waals surface area contributed by atoms with Gasteiger partial charge in [-0.15, -0.1) is 0 Å². The van der Waals surface area contributed by atoms with Gasteiger partial charge in [-0.25, -0.2) is 9.13 Å². The molecule has 5 unspecified atom stereocenters. The zero-order valence-electron chi connectivity index (χ0n) is 66.6. The quantitative estimate of drug-likeness (QED) is 0.0146. The Kier molecular flexibility index (Phi) is 76.9. The molecule has 0 aromatic heterocycles.